The van der Waals surface area contributed by atoms with Gasteiger partial charge >= 0.3 is 0 Å². The van der Waals surface area contributed by atoms with Gasteiger partial charge in [0.1, 0.15) is 5.58 Å². The van der Waals surface area contributed by atoms with Crippen molar-refractivity contribution in [2.75, 3.05) is 25.0 Å². The molecule has 1 aliphatic rings. The molecule has 158 valence electrons. The van der Waals surface area contributed by atoms with E-state index in [-0.39, 0.29) is 12.0 Å². The summed E-state index contributed by atoms with van der Waals surface area (Å²) in [6.07, 6.45) is 2.52. The van der Waals surface area contributed by atoms with Crippen molar-refractivity contribution < 1.29 is 13.9 Å². The average Bonchev–Trinajstić information content (AvgIpc) is 3.40. The summed E-state index contributed by atoms with van der Waals surface area (Å²) in [5, 5.41) is 0.937. The van der Waals surface area contributed by atoms with Crippen LogP contribution in [0.2, 0.25) is 0 Å². The van der Waals surface area contributed by atoms with Crippen molar-refractivity contribution in [3.63, 3.8) is 0 Å². The number of hydrogen-bond acceptors (Lipinski definition) is 4. The first-order valence-corrected chi connectivity index (χ1v) is 10.7. The van der Waals surface area contributed by atoms with E-state index in [0.29, 0.717) is 24.5 Å². The van der Waals surface area contributed by atoms with Crippen LogP contribution in [0.5, 0.6) is 0 Å². The van der Waals surface area contributed by atoms with Gasteiger partial charge < -0.3 is 19.0 Å². The molecule has 0 unspecified atom stereocenters. The lowest BCUT2D eigenvalue weighted by atomic mass is 10.1. The number of furan rings is 1. The molecule has 1 amide bonds. The van der Waals surface area contributed by atoms with Gasteiger partial charge in [-0.25, -0.2) is 0 Å². The highest BCUT2D eigenvalue weighted by Gasteiger charge is 2.25. The number of para-hydroxylation sites is 2. The molecule has 2 aromatic carbocycles. The summed E-state index contributed by atoms with van der Waals surface area (Å²) in [6, 6.07) is 16.1. The predicted molar refractivity (Wildman–Crippen MR) is 120 cm³/mol. The van der Waals surface area contributed by atoms with E-state index >= 15 is 0 Å². The molecule has 0 N–H and O–H groups in total. The number of anilines is 1. The topological polar surface area (TPSA) is 45.9 Å². The standard InChI is InChI=1S/C25H30N2O3/c1-18(2)29-17-21-20-11-5-7-13-23(20)30-24(21)25(28)26(3)16-19-10-4-6-12-22(19)27-14-8-9-15-27/h4-7,10-13,18H,8-9,14-17H2,1-3H3. The lowest BCUT2D eigenvalue weighted by Gasteiger charge is -2.24. The highest BCUT2D eigenvalue weighted by Crippen LogP contribution is 2.29. The zero-order chi connectivity index (χ0) is 21.1. The molecule has 5 nitrogen and oxygen atoms in total. The maximum absolute atomic E-state index is 13.4. The van der Waals surface area contributed by atoms with Crippen molar-refractivity contribution in [3.8, 4) is 0 Å². The molecule has 0 saturated carbocycles. The van der Waals surface area contributed by atoms with Crippen molar-refractivity contribution in [2.24, 2.45) is 0 Å². The summed E-state index contributed by atoms with van der Waals surface area (Å²) < 4.78 is 11.8. The van der Waals surface area contributed by atoms with Crippen LogP contribution in [0.4, 0.5) is 5.69 Å². The van der Waals surface area contributed by atoms with E-state index in [1.807, 2.05) is 51.2 Å². The number of carbonyl (C=O) groups is 1. The molecule has 5 heteroatoms. The van der Waals surface area contributed by atoms with E-state index in [2.05, 4.69) is 23.1 Å². The molecule has 30 heavy (non-hydrogen) atoms. The van der Waals surface area contributed by atoms with Gasteiger partial charge in [-0.15, -0.1) is 0 Å². The summed E-state index contributed by atoms with van der Waals surface area (Å²) >= 11 is 0. The van der Waals surface area contributed by atoms with Gasteiger partial charge in [0.15, 0.2) is 5.76 Å². The van der Waals surface area contributed by atoms with Crippen molar-refractivity contribution >= 4 is 22.6 Å². The number of hydrogen-bond donors (Lipinski definition) is 0. The Morgan fingerprint density at radius 1 is 1.10 bits per heavy atom. The first-order chi connectivity index (χ1) is 14.5. The Labute approximate surface area is 178 Å². The zero-order valence-electron chi connectivity index (χ0n) is 18.1. The van der Waals surface area contributed by atoms with Gasteiger partial charge in [-0.3, -0.25) is 4.79 Å². The van der Waals surface area contributed by atoms with Crippen LogP contribution in [0.3, 0.4) is 0 Å². The van der Waals surface area contributed by atoms with Crippen molar-refractivity contribution in [2.45, 2.75) is 45.9 Å². The fourth-order valence-corrected chi connectivity index (χ4v) is 4.08. The Bertz CT molecular complexity index is 1020. The van der Waals surface area contributed by atoms with E-state index in [1.165, 1.54) is 18.5 Å². The number of rotatable bonds is 7. The lowest BCUT2D eigenvalue weighted by Crippen LogP contribution is -2.28. The Hall–Kier alpha value is -2.79. The second-order valence-electron chi connectivity index (χ2n) is 8.25. The molecule has 1 saturated heterocycles. The van der Waals surface area contributed by atoms with Crippen molar-refractivity contribution in [1.29, 1.82) is 0 Å². The predicted octanol–water partition coefficient (Wildman–Crippen LogP) is 5.23. The smallest absolute Gasteiger partial charge is 0.290 e. The number of ether oxygens (including phenoxy) is 1. The Morgan fingerprint density at radius 2 is 1.80 bits per heavy atom. The molecule has 0 aliphatic carbocycles. The molecule has 1 fully saturated rings. The summed E-state index contributed by atoms with van der Waals surface area (Å²) in [5.41, 5.74) is 3.92. The van der Waals surface area contributed by atoms with Crippen LogP contribution in [0.25, 0.3) is 11.0 Å². The SMILES string of the molecule is CC(C)OCc1c(C(=O)N(C)Cc2ccccc2N2CCCC2)oc2ccccc12. The van der Waals surface area contributed by atoms with Crippen LogP contribution >= 0.6 is 0 Å². The van der Waals surface area contributed by atoms with E-state index in [1.54, 1.807) is 4.90 Å². The fraction of sp³-hybridized carbons (Fsp3) is 0.400. The molecule has 3 aromatic rings. The van der Waals surface area contributed by atoms with E-state index in [9.17, 15) is 4.79 Å². The van der Waals surface area contributed by atoms with E-state index < -0.39 is 0 Å². The molecule has 4 rings (SSSR count). The summed E-state index contributed by atoms with van der Waals surface area (Å²) in [5.74, 6) is 0.253. The van der Waals surface area contributed by atoms with Crippen LogP contribution in [-0.4, -0.2) is 37.0 Å². The lowest BCUT2D eigenvalue weighted by molar-refractivity contribution is 0.0620. The number of carbonyl (C=O) groups excluding carboxylic acids is 1. The van der Waals surface area contributed by atoms with Gasteiger partial charge in [0.05, 0.1) is 12.7 Å². The normalized spacial score (nSPS) is 14.1. The number of fused-ring (bicyclic) bond motifs is 1. The molecular formula is C25H30N2O3. The number of benzene rings is 2. The van der Waals surface area contributed by atoms with E-state index in [0.717, 1.165) is 29.6 Å². The number of nitrogens with zero attached hydrogens (tertiary/aromatic N) is 2. The van der Waals surface area contributed by atoms with Gasteiger partial charge in [0, 0.05) is 43.3 Å². The minimum atomic E-state index is -0.121. The van der Waals surface area contributed by atoms with Crippen LogP contribution in [0, 0.1) is 0 Å². The van der Waals surface area contributed by atoms with E-state index in [4.69, 9.17) is 9.15 Å². The Morgan fingerprint density at radius 3 is 2.57 bits per heavy atom. The first-order valence-electron chi connectivity index (χ1n) is 10.7. The maximum Gasteiger partial charge on any atom is 0.290 e. The molecular weight excluding hydrogens is 376 g/mol. The molecule has 0 atom stereocenters. The molecule has 2 heterocycles. The Balaban J connectivity index is 1.60. The quantitative estimate of drug-likeness (QED) is 0.539. The summed E-state index contributed by atoms with van der Waals surface area (Å²) in [6.45, 7) is 7.03. The third-order valence-corrected chi connectivity index (χ3v) is 5.65. The molecule has 0 bridgehead atoms. The Kier molecular flexibility index (Phi) is 6.09. The van der Waals surface area contributed by atoms with Gasteiger partial charge in [0.25, 0.3) is 5.91 Å². The summed E-state index contributed by atoms with van der Waals surface area (Å²) in [7, 11) is 1.84. The van der Waals surface area contributed by atoms with Crippen LogP contribution in [0.15, 0.2) is 52.9 Å². The molecule has 1 aliphatic heterocycles. The molecule has 0 spiro atoms. The first kappa shape index (κ1) is 20.5. The molecule has 1 aromatic heterocycles. The fourth-order valence-electron chi connectivity index (χ4n) is 4.08. The second-order valence-corrected chi connectivity index (χ2v) is 8.25. The highest BCUT2D eigenvalue weighted by molar-refractivity contribution is 5.99. The second kappa shape index (κ2) is 8.92. The van der Waals surface area contributed by atoms with Gasteiger partial charge in [-0.1, -0.05) is 36.4 Å². The van der Waals surface area contributed by atoms with Gasteiger partial charge in [0.2, 0.25) is 0 Å². The largest absolute Gasteiger partial charge is 0.451 e. The third-order valence-electron chi connectivity index (χ3n) is 5.65. The zero-order valence-corrected chi connectivity index (χ0v) is 18.1. The van der Waals surface area contributed by atoms with Gasteiger partial charge in [-0.2, -0.15) is 0 Å². The average molecular weight is 407 g/mol. The van der Waals surface area contributed by atoms with Crippen LogP contribution in [-0.2, 0) is 17.9 Å². The summed E-state index contributed by atoms with van der Waals surface area (Å²) in [4.78, 5) is 17.5. The van der Waals surface area contributed by atoms with Crippen molar-refractivity contribution in [1.82, 2.24) is 4.90 Å². The maximum atomic E-state index is 13.4. The van der Waals surface area contributed by atoms with Crippen LogP contribution < -0.4 is 4.90 Å². The van der Waals surface area contributed by atoms with Crippen LogP contribution in [0.1, 0.15) is 48.4 Å². The minimum Gasteiger partial charge on any atom is -0.451 e. The monoisotopic (exact) mass is 406 g/mol. The van der Waals surface area contributed by atoms with Crippen molar-refractivity contribution in [3.05, 3.63) is 65.4 Å². The minimum absolute atomic E-state index is 0.0756. The number of amides is 1. The third kappa shape index (κ3) is 4.21. The van der Waals surface area contributed by atoms with Gasteiger partial charge in [-0.05, 0) is 44.4 Å². The highest BCUT2D eigenvalue weighted by atomic mass is 16.5. The molecule has 0 radical (unpaired) electrons.